The van der Waals surface area contributed by atoms with Crippen LogP contribution in [0.25, 0.3) is 0 Å². The number of carbonyl (C=O) groups excluding carboxylic acids is 2. The molecule has 5 fully saturated rings. The number of likely N-dealkylation sites (tertiary alicyclic amines) is 3. The normalized spacial score (nSPS) is 35.5. The Kier molecular flexibility index (Phi) is 6.25. The van der Waals surface area contributed by atoms with Crippen molar-refractivity contribution < 1.29 is 14.7 Å². The summed E-state index contributed by atoms with van der Waals surface area (Å²) in [4.78, 5) is 32.8. The van der Waals surface area contributed by atoms with Crippen molar-refractivity contribution in [3.05, 3.63) is 35.9 Å². The number of nitrogens with one attached hydrogen (secondary N) is 1. The number of piperidine rings is 1. The topological polar surface area (TPSA) is 76.1 Å². The number of hydrogen-bond acceptors (Lipinski definition) is 4. The van der Waals surface area contributed by atoms with Crippen molar-refractivity contribution >= 4 is 11.9 Å². The first-order chi connectivity index (χ1) is 17.0. The molecule has 35 heavy (non-hydrogen) atoms. The Labute approximate surface area is 208 Å². The highest BCUT2D eigenvalue weighted by molar-refractivity contribution is 5.86. The molecule has 3 amide bonds. The van der Waals surface area contributed by atoms with Crippen LogP contribution in [0.15, 0.2) is 30.3 Å². The quantitative estimate of drug-likeness (QED) is 0.680. The molecule has 1 aromatic rings. The highest BCUT2D eigenvalue weighted by Gasteiger charge is 2.52. The minimum absolute atomic E-state index is 0.126. The van der Waals surface area contributed by atoms with Gasteiger partial charge in [0.1, 0.15) is 0 Å². The highest BCUT2D eigenvalue weighted by Crippen LogP contribution is 2.43. The van der Waals surface area contributed by atoms with Gasteiger partial charge in [0.15, 0.2) is 0 Å². The van der Waals surface area contributed by atoms with Gasteiger partial charge in [-0.1, -0.05) is 30.3 Å². The molecule has 2 unspecified atom stereocenters. The lowest BCUT2D eigenvalue weighted by molar-refractivity contribution is -0.141. The average Bonchev–Trinajstić information content (AvgIpc) is 3.58. The lowest BCUT2D eigenvalue weighted by Gasteiger charge is -2.46. The monoisotopic (exact) mass is 480 g/mol. The molecule has 2 saturated carbocycles. The van der Waals surface area contributed by atoms with Crippen LogP contribution in [0.4, 0.5) is 4.79 Å². The minimum Gasteiger partial charge on any atom is -0.393 e. The number of aliphatic hydroxyl groups excluding tert-OH is 1. The minimum atomic E-state index is -0.381. The van der Waals surface area contributed by atoms with Gasteiger partial charge in [-0.05, 0) is 56.9 Å². The van der Waals surface area contributed by atoms with Crippen LogP contribution in [0.3, 0.4) is 0 Å². The summed E-state index contributed by atoms with van der Waals surface area (Å²) in [6, 6.07) is 11.7. The van der Waals surface area contributed by atoms with Crippen molar-refractivity contribution in [1.82, 2.24) is 20.0 Å². The predicted molar refractivity (Wildman–Crippen MR) is 134 cm³/mol. The highest BCUT2D eigenvalue weighted by atomic mass is 16.3. The standard InChI is InChI=1S/C28H40N4O3/c33-23-9-7-22(8-10-23)32-14-12-28(26(32)34)11-4-13-30(19-28)27(35)31-17-20(18-31)16-29-25-15-24(25)21-5-2-1-3-6-21/h1-3,5-6,20,22-25,29,33H,4,7-19H2/t22-,23+,24?,25?,28-/m0/s1. The SMILES string of the molecule is O=C(N1CC(CNC2CC2c2ccccc2)C1)N1CCC[C@]2(CCN([C@H]3CC[C@@H](O)CC3)C2=O)C1. The largest absolute Gasteiger partial charge is 0.393 e. The van der Waals surface area contributed by atoms with E-state index in [2.05, 4.69) is 40.5 Å². The van der Waals surface area contributed by atoms with Crippen LogP contribution in [0.2, 0.25) is 0 Å². The van der Waals surface area contributed by atoms with Crippen LogP contribution in [0, 0.1) is 11.3 Å². The second kappa shape index (κ2) is 9.40. The number of nitrogens with zero attached hydrogens (tertiary/aromatic N) is 3. The maximum absolute atomic E-state index is 13.5. The van der Waals surface area contributed by atoms with Gasteiger partial charge in [0.2, 0.25) is 5.91 Å². The van der Waals surface area contributed by atoms with E-state index in [1.807, 2.05) is 9.80 Å². The Morgan fingerprint density at radius 1 is 1.03 bits per heavy atom. The summed E-state index contributed by atoms with van der Waals surface area (Å²) in [6.45, 7) is 4.78. The molecule has 2 aliphatic carbocycles. The molecule has 3 saturated heterocycles. The average molecular weight is 481 g/mol. The number of urea groups is 1. The lowest BCUT2D eigenvalue weighted by atomic mass is 9.78. The number of rotatable bonds is 5. The zero-order valence-electron chi connectivity index (χ0n) is 20.8. The molecule has 7 nitrogen and oxygen atoms in total. The third kappa shape index (κ3) is 4.57. The molecule has 3 heterocycles. The fraction of sp³-hybridized carbons (Fsp3) is 0.714. The Morgan fingerprint density at radius 3 is 2.57 bits per heavy atom. The smallest absolute Gasteiger partial charge is 0.320 e. The molecule has 6 rings (SSSR count). The molecule has 0 aromatic heterocycles. The van der Waals surface area contributed by atoms with E-state index in [0.717, 1.165) is 77.7 Å². The van der Waals surface area contributed by atoms with Gasteiger partial charge in [-0.25, -0.2) is 4.79 Å². The van der Waals surface area contributed by atoms with E-state index < -0.39 is 0 Å². The number of aliphatic hydroxyl groups is 1. The molecule has 2 N–H and O–H groups in total. The second-order valence-corrected chi connectivity index (χ2v) is 11.8. The first-order valence-electron chi connectivity index (χ1n) is 13.8. The van der Waals surface area contributed by atoms with Gasteiger partial charge in [0, 0.05) is 63.2 Å². The summed E-state index contributed by atoms with van der Waals surface area (Å²) in [5, 5.41) is 13.6. The predicted octanol–water partition coefficient (Wildman–Crippen LogP) is 2.80. The van der Waals surface area contributed by atoms with E-state index in [1.165, 1.54) is 12.0 Å². The Morgan fingerprint density at radius 2 is 1.80 bits per heavy atom. The number of carbonyl (C=O) groups is 2. The summed E-state index contributed by atoms with van der Waals surface area (Å²) in [5.74, 6) is 1.43. The van der Waals surface area contributed by atoms with Gasteiger partial charge < -0.3 is 25.1 Å². The van der Waals surface area contributed by atoms with Crippen LogP contribution < -0.4 is 5.32 Å². The van der Waals surface area contributed by atoms with Gasteiger partial charge in [-0.3, -0.25) is 4.79 Å². The zero-order valence-corrected chi connectivity index (χ0v) is 20.8. The van der Waals surface area contributed by atoms with Gasteiger partial charge in [-0.15, -0.1) is 0 Å². The molecule has 0 bridgehead atoms. The second-order valence-electron chi connectivity index (χ2n) is 11.8. The van der Waals surface area contributed by atoms with Crippen molar-refractivity contribution in [2.75, 3.05) is 39.3 Å². The summed E-state index contributed by atoms with van der Waals surface area (Å²) >= 11 is 0. The zero-order chi connectivity index (χ0) is 24.0. The van der Waals surface area contributed by atoms with E-state index in [4.69, 9.17) is 0 Å². The molecule has 190 valence electrons. The number of hydrogen-bond donors (Lipinski definition) is 2. The molecule has 1 spiro atoms. The molecule has 7 heteroatoms. The maximum atomic E-state index is 13.5. The van der Waals surface area contributed by atoms with Gasteiger partial charge in [-0.2, -0.15) is 0 Å². The van der Waals surface area contributed by atoms with Crippen molar-refractivity contribution in [3.8, 4) is 0 Å². The van der Waals surface area contributed by atoms with Crippen LogP contribution in [-0.4, -0.2) is 89.2 Å². The van der Waals surface area contributed by atoms with Crippen LogP contribution in [0.1, 0.15) is 62.8 Å². The van der Waals surface area contributed by atoms with E-state index >= 15 is 0 Å². The fourth-order valence-electron chi connectivity index (χ4n) is 7.10. The maximum Gasteiger partial charge on any atom is 0.320 e. The van der Waals surface area contributed by atoms with Crippen molar-refractivity contribution in [2.45, 2.75) is 75.5 Å². The number of benzene rings is 1. The van der Waals surface area contributed by atoms with E-state index in [9.17, 15) is 14.7 Å². The summed E-state index contributed by atoms with van der Waals surface area (Å²) < 4.78 is 0. The van der Waals surface area contributed by atoms with E-state index in [0.29, 0.717) is 24.4 Å². The van der Waals surface area contributed by atoms with Crippen LogP contribution >= 0.6 is 0 Å². The summed E-state index contributed by atoms with van der Waals surface area (Å²) in [6.07, 6.45) is 7.09. The van der Waals surface area contributed by atoms with Crippen molar-refractivity contribution in [2.24, 2.45) is 11.3 Å². The first kappa shape index (κ1) is 23.3. The van der Waals surface area contributed by atoms with Crippen molar-refractivity contribution in [1.29, 1.82) is 0 Å². The van der Waals surface area contributed by atoms with Crippen molar-refractivity contribution in [3.63, 3.8) is 0 Å². The summed E-state index contributed by atoms with van der Waals surface area (Å²) in [7, 11) is 0. The Balaban J connectivity index is 0.966. The van der Waals surface area contributed by atoms with Gasteiger partial charge in [0.05, 0.1) is 11.5 Å². The van der Waals surface area contributed by atoms with Crippen LogP contribution in [0.5, 0.6) is 0 Å². The van der Waals surface area contributed by atoms with E-state index in [1.54, 1.807) is 0 Å². The van der Waals surface area contributed by atoms with Gasteiger partial charge in [0.25, 0.3) is 0 Å². The molecule has 0 radical (unpaired) electrons. The lowest BCUT2D eigenvalue weighted by Crippen LogP contribution is -2.60. The molecule has 1 aromatic carbocycles. The van der Waals surface area contributed by atoms with E-state index in [-0.39, 0.29) is 29.5 Å². The Hall–Kier alpha value is -2.12. The number of amides is 3. The summed E-state index contributed by atoms with van der Waals surface area (Å²) in [5.41, 5.74) is 1.05. The third-order valence-electron chi connectivity index (χ3n) is 9.41. The first-order valence-corrected chi connectivity index (χ1v) is 13.8. The Bertz CT molecular complexity index is 927. The molecular weight excluding hydrogens is 440 g/mol. The van der Waals surface area contributed by atoms with Crippen LogP contribution in [-0.2, 0) is 4.79 Å². The van der Waals surface area contributed by atoms with Gasteiger partial charge >= 0.3 is 6.03 Å². The third-order valence-corrected chi connectivity index (χ3v) is 9.41. The molecule has 3 aliphatic heterocycles. The molecule has 5 aliphatic rings. The fourth-order valence-corrected chi connectivity index (χ4v) is 7.10. The molecule has 3 atom stereocenters. The molecular formula is C28H40N4O3.